The number of hydrogen-bond acceptors (Lipinski definition) is 25. The molecule has 0 saturated heterocycles. The van der Waals surface area contributed by atoms with E-state index in [2.05, 4.69) is 89.7 Å². The maximum atomic E-state index is 13.8. The molecule has 0 saturated carbocycles. The molecule has 0 aliphatic rings. The lowest BCUT2D eigenvalue weighted by Gasteiger charge is -2.26. The lowest BCUT2D eigenvalue weighted by molar-refractivity contribution is -0.143. The van der Waals surface area contributed by atoms with Gasteiger partial charge in [-0.2, -0.15) is 0 Å². The number of primary amides is 3. The number of aliphatic carboxylic acids is 2. The van der Waals surface area contributed by atoms with E-state index in [4.69, 9.17) is 22.9 Å². The van der Waals surface area contributed by atoms with E-state index in [0.717, 1.165) is 6.92 Å². The van der Waals surface area contributed by atoms with Gasteiger partial charge in [0, 0.05) is 37.6 Å². The van der Waals surface area contributed by atoms with E-state index in [9.17, 15) is 121 Å². The number of carbonyl (C=O) groups excluding carboxylic acids is 18. The molecule has 0 radical (unpaired) electrons. The third-order valence-corrected chi connectivity index (χ3v) is 15.2. The molecule has 1 heterocycles. The van der Waals surface area contributed by atoms with Crippen molar-refractivity contribution in [2.45, 2.75) is 204 Å². The van der Waals surface area contributed by atoms with Crippen molar-refractivity contribution in [3.63, 3.8) is 0 Å². The van der Waals surface area contributed by atoms with Gasteiger partial charge in [0.1, 0.15) is 72.5 Å². The summed E-state index contributed by atoms with van der Waals surface area (Å²) in [5.41, 5.74) is 21.2. The van der Waals surface area contributed by atoms with Crippen LogP contribution in [0.3, 0.4) is 0 Å². The predicted molar refractivity (Wildman–Crippen MR) is 369 cm³/mol. The van der Waals surface area contributed by atoms with Crippen molar-refractivity contribution in [3.8, 4) is 0 Å². The summed E-state index contributed by atoms with van der Waals surface area (Å²) in [5, 5.41) is 83.4. The van der Waals surface area contributed by atoms with Crippen LogP contribution >= 0.6 is 0 Å². The van der Waals surface area contributed by atoms with E-state index < -0.39 is 287 Å². The minimum Gasteiger partial charge on any atom is -0.481 e. The van der Waals surface area contributed by atoms with Gasteiger partial charge in [-0.05, 0) is 71.6 Å². The summed E-state index contributed by atoms with van der Waals surface area (Å²) < 4.78 is 0. The van der Waals surface area contributed by atoms with Gasteiger partial charge in [-0.15, -0.1) is 0 Å². The number of hydrogen-bond donors (Lipinski definition) is 25. The Hall–Kier alpha value is -11.5. The molecule has 29 N–H and O–H groups in total. The normalized spacial score (nSPS) is 14.9. The first-order chi connectivity index (χ1) is 50.4. The summed E-state index contributed by atoms with van der Waals surface area (Å²) in [6, 6.07) is -19.5. The Morgan fingerprint density at radius 2 is 0.778 bits per heavy atom. The second-order valence-electron chi connectivity index (χ2n) is 25.7. The summed E-state index contributed by atoms with van der Waals surface area (Å²) in [7, 11) is 0. The number of rotatable bonds is 51. The lowest BCUT2D eigenvalue weighted by Crippen LogP contribution is -2.60. The first-order valence-electron chi connectivity index (χ1n) is 33.8. The van der Waals surface area contributed by atoms with Gasteiger partial charge in [0.05, 0.1) is 57.7 Å². The monoisotopic (exact) mass is 1540 g/mol. The molecule has 1 aromatic rings. The molecule has 0 fully saturated rings. The summed E-state index contributed by atoms with van der Waals surface area (Å²) in [5.74, 6) is -22.9. The molecule has 0 aromatic carbocycles. The zero-order valence-electron chi connectivity index (χ0n) is 60.7. The zero-order chi connectivity index (χ0) is 82.4. The number of amides is 18. The molecule has 0 spiro atoms. The van der Waals surface area contributed by atoms with Crippen LogP contribution in [0.1, 0.15) is 119 Å². The Kier molecular flexibility index (Phi) is 41.8. The van der Waals surface area contributed by atoms with Crippen molar-refractivity contribution < 1.29 is 121 Å². The molecule has 108 heavy (non-hydrogen) atoms. The molecule has 46 heteroatoms. The number of aliphatic hydroxyl groups excluding tert-OH is 3. The smallest absolute Gasteiger partial charge is 0.326 e. The van der Waals surface area contributed by atoms with Gasteiger partial charge < -0.3 is 133 Å². The van der Waals surface area contributed by atoms with Crippen molar-refractivity contribution in [3.05, 3.63) is 18.2 Å². The Labute approximate surface area is 617 Å². The van der Waals surface area contributed by atoms with Crippen LogP contribution in [0.4, 0.5) is 0 Å². The van der Waals surface area contributed by atoms with E-state index in [-0.39, 0.29) is 30.9 Å². The Morgan fingerprint density at radius 3 is 1.22 bits per heavy atom. The second kappa shape index (κ2) is 47.8. The number of nitrogens with one attached hydrogen (secondary N) is 16. The average Bonchev–Trinajstić information content (AvgIpc) is 1.08. The number of H-pyrrole nitrogens is 1. The molecule has 0 aliphatic carbocycles. The van der Waals surface area contributed by atoms with Crippen molar-refractivity contribution >= 4 is 118 Å². The highest BCUT2D eigenvalue weighted by atomic mass is 16.4. The van der Waals surface area contributed by atoms with Gasteiger partial charge in [-0.3, -0.25) is 91.1 Å². The van der Waals surface area contributed by atoms with E-state index >= 15 is 0 Å². The molecule has 14 atom stereocenters. The fourth-order valence-electron chi connectivity index (χ4n) is 9.52. The van der Waals surface area contributed by atoms with Crippen LogP contribution in [0, 0.1) is 11.8 Å². The zero-order valence-corrected chi connectivity index (χ0v) is 60.7. The second-order valence-corrected chi connectivity index (χ2v) is 25.7. The molecule has 46 nitrogen and oxygen atoms in total. The number of imidazole rings is 1. The van der Waals surface area contributed by atoms with Gasteiger partial charge in [0.2, 0.25) is 106 Å². The molecular formula is C62H101N21O25. The maximum Gasteiger partial charge on any atom is 0.326 e. The van der Waals surface area contributed by atoms with Crippen LogP contribution in [0.2, 0.25) is 0 Å². The number of aliphatic hydroxyl groups is 3. The number of aromatic nitrogens is 2. The van der Waals surface area contributed by atoms with Crippen molar-refractivity contribution in [1.29, 1.82) is 0 Å². The molecule has 1 aromatic heterocycles. The van der Waals surface area contributed by atoms with Crippen LogP contribution in [0.5, 0.6) is 0 Å². The summed E-state index contributed by atoms with van der Waals surface area (Å²) in [6.07, 6.45) is -5.38. The molecule has 0 aliphatic heterocycles. The standard InChI is InChI=1S/C62H101N21O25/c1-26(2)15-36(78-52(97)29(6)73-61(106)50(31(8)86)82-44(90)19-63)57(102)72-28(5)51(96)79-39(18-43(66)89)53(98)68-23-47(93)83-49(30(7)85)60(105)70-22-45(91)74-33(11-14-48(94)95)55(100)80-37(16-27(3)4)58(103)81-40(24-84)54(99)69-21-46(92)75-38(17-32-20-67-25-71-32)59(104)76-34(9-12-41(64)87)56(101)77-35(62(107)108)10-13-42(65)88/h20,25-31,33-40,49-50,84-86H,9-19,21-24,63H2,1-8H3,(H2,64,87)(H2,65,88)(H2,66,89)(H,67,71)(H,68,98)(H,69,99)(H,70,105)(H,72,102)(H,73,106)(H,74,91)(H,75,92)(H,76,104)(H,77,101)(H,78,97)(H,79,96)(H,80,100)(H,81,103)(H,82,90)(H,83,93)(H,94,95)(H,107,108)/t28-,29-,30+,31+,33-,34-,35-,36-,37-,38-,39-,40-,49-,50-/m0/s1. The minimum absolute atomic E-state index is 0.0127. The first-order valence-corrected chi connectivity index (χ1v) is 33.8. The number of carboxylic acids is 2. The van der Waals surface area contributed by atoms with Gasteiger partial charge in [0.25, 0.3) is 0 Å². The van der Waals surface area contributed by atoms with Crippen molar-refractivity contribution in [2.75, 3.05) is 32.8 Å². The number of carboxylic acid groups (broad SMARTS) is 2. The summed E-state index contributed by atoms with van der Waals surface area (Å²) >= 11 is 0. The molecule has 0 bridgehead atoms. The van der Waals surface area contributed by atoms with E-state index in [1.807, 2.05) is 0 Å². The largest absolute Gasteiger partial charge is 0.481 e. The van der Waals surface area contributed by atoms with Crippen LogP contribution in [0.15, 0.2) is 12.5 Å². The maximum absolute atomic E-state index is 13.8. The highest BCUT2D eigenvalue weighted by Gasteiger charge is 2.37. The fourth-order valence-corrected chi connectivity index (χ4v) is 9.52. The molecule has 18 amide bonds. The first kappa shape index (κ1) is 94.5. The third-order valence-electron chi connectivity index (χ3n) is 15.2. The number of aromatic amines is 1. The minimum atomic E-state index is -1.89. The topological polar surface area (TPSA) is 756 Å². The van der Waals surface area contributed by atoms with Gasteiger partial charge in [-0.1, -0.05) is 27.7 Å². The average molecular weight is 1540 g/mol. The van der Waals surface area contributed by atoms with Crippen LogP contribution in [0.25, 0.3) is 0 Å². The number of nitrogens with two attached hydrogens (primary N) is 4. The summed E-state index contributed by atoms with van der Waals surface area (Å²) in [4.78, 5) is 264. The highest BCUT2D eigenvalue weighted by molar-refractivity contribution is 6.00. The number of carbonyl (C=O) groups is 20. The Balaban J connectivity index is 3.14. The Morgan fingerprint density at radius 1 is 0.407 bits per heavy atom. The van der Waals surface area contributed by atoms with Crippen molar-refractivity contribution in [1.82, 2.24) is 89.7 Å². The predicted octanol–water partition coefficient (Wildman–Crippen LogP) is -12.7. The fraction of sp³-hybridized carbons (Fsp3) is 0.629. The van der Waals surface area contributed by atoms with Crippen molar-refractivity contribution in [2.24, 2.45) is 34.8 Å². The third kappa shape index (κ3) is 36.9. The Bertz CT molecular complexity index is 3350. The highest BCUT2D eigenvalue weighted by Crippen LogP contribution is 2.11. The molecular weight excluding hydrogens is 1440 g/mol. The molecule has 604 valence electrons. The lowest BCUT2D eigenvalue weighted by atomic mass is 10.0. The van der Waals surface area contributed by atoms with Crippen LogP contribution in [-0.2, 0) is 102 Å². The molecule has 1 rings (SSSR count). The summed E-state index contributed by atoms with van der Waals surface area (Å²) in [6.45, 7) is 6.63. The van der Waals surface area contributed by atoms with E-state index in [1.165, 1.54) is 33.3 Å². The van der Waals surface area contributed by atoms with Gasteiger partial charge in [0.15, 0.2) is 0 Å². The van der Waals surface area contributed by atoms with E-state index in [1.54, 1.807) is 27.7 Å². The van der Waals surface area contributed by atoms with Gasteiger partial charge in [-0.25, -0.2) is 9.78 Å². The van der Waals surface area contributed by atoms with Crippen LogP contribution in [-0.4, -0.2) is 271 Å². The SMILES string of the molecule is CC(C)C[C@H](NC(=O)[C@H](C)NC(=O)[C@@H](NC(=O)CN)[C@@H](C)O)C(=O)N[C@@H](C)C(=O)N[C@@H](CC(N)=O)C(=O)NCC(=O)N[C@H](C(=O)NCC(=O)N[C@@H](CCC(=O)O)C(=O)N[C@@H](CC(C)C)C(=O)N[C@@H](CO)C(=O)NCC(=O)N[C@@H](Cc1cnc[nH]1)C(=O)N[C@@H](CCC(N)=O)C(=O)N[C@@H](CCC(N)=O)C(=O)O)[C@@H](C)O. The quantitative estimate of drug-likeness (QED) is 0.0288. The van der Waals surface area contributed by atoms with Crippen LogP contribution < -0.4 is 103 Å². The molecule has 0 unspecified atom stereocenters. The van der Waals surface area contributed by atoms with Gasteiger partial charge >= 0.3 is 11.9 Å². The number of nitrogens with zero attached hydrogens (tertiary/aromatic N) is 1. The van der Waals surface area contributed by atoms with E-state index in [0.29, 0.717) is 0 Å².